The lowest BCUT2D eigenvalue weighted by Crippen LogP contribution is -2.21. The molecular weight excluding hydrogens is 385 g/mol. The average molecular weight is 410 g/mol. The smallest absolute Gasteiger partial charge is 0.145 e. The molecule has 0 spiro atoms. The van der Waals surface area contributed by atoms with Crippen LogP contribution in [0.1, 0.15) is 44.7 Å². The Labute approximate surface area is 168 Å². The van der Waals surface area contributed by atoms with Gasteiger partial charge >= 0.3 is 0 Å². The van der Waals surface area contributed by atoms with Crippen LogP contribution in [0.2, 0.25) is 0 Å². The van der Waals surface area contributed by atoms with E-state index in [9.17, 15) is 8.60 Å². The fourth-order valence-electron chi connectivity index (χ4n) is 2.29. The van der Waals surface area contributed by atoms with E-state index in [0.717, 1.165) is 5.56 Å². The highest BCUT2D eigenvalue weighted by atomic mass is 35.5. The first-order chi connectivity index (χ1) is 12.8. The molecule has 2 aromatic rings. The quantitative estimate of drug-likeness (QED) is 0.416. The van der Waals surface area contributed by atoms with Crippen LogP contribution in [0.3, 0.4) is 0 Å². The van der Waals surface area contributed by atoms with Crippen molar-refractivity contribution in [3.8, 4) is 5.75 Å². The number of rotatable bonds is 8. The molecule has 0 saturated carbocycles. The number of nitrogens with zero attached hydrogens (tertiary/aromatic N) is 1. The molecule has 146 valence electrons. The number of ether oxygens (including phenoxy) is 1. The summed E-state index contributed by atoms with van der Waals surface area (Å²) >= 11 is 5.84. The molecule has 3 nitrogen and oxygen atoms in total. The molecule has 27 heavy (non-hydrogen) atoms. The van der Waals surface area contributed by atoms with Gasteiger partial charge in [-0.15, -0.1) is 11.6 Å². The summed E-state index contributed by atoms with van der Waals surface area (Å²) in [5.41, 5.74) is 2.07. The Morgan fingerprint density at radius 2 is 1.89 bits per heavy atom. The maximum Gasteiger partial charge on any atom is 0.145 e. The standard InChI is InChI=1S/C21H25ClFNO2S/c1-21(2,3)27(25)24-19(10-7-13-22)18-14-17(23)11-12-20(18)26-15-16-8-5-4-6-9-16/h4-6,8-9,11-12,14H,7,10,13,15H2,1-3H3/t27-/m0/s1. The van der Waals surface area contributed by atoms with Gasteiger partial charge in [0.1, 0.15) is 29.2 Å². The van der Waals surface area contributed by atoms with Gasteiger partial charge in [0.05, 0.1) is 10.5 Å². The van der Waals surface area contributed by atoms with Crippen LogP contribution >= 0.6 is 11.6 Å². The minimum absolute atomic E-state index is 0.352. The SMILES string of the molecule is CC(C)(C)[S@](=O)N=C(CCCCl)c1cc(F)ccc1OCc1ccccc1. The van der Waals surface area contributed by atoms with Gasteiger partial charge in [-0.3, -0.25) is 0 Å². The Kier molecular flexibility index (Phi) is 7.99. The van der Waals surface area contributed by atoms with Crippen LogP contribution in [0.15, 0.2) is 52.9 Å². The Hall–Kier alpha value is -1.72. The van der Waals surface area contributed by atoms with Crippen molar-refractivity contribution in [2.75, 3.05) is 5.88 Å². The summed E-state index contributed by atoms with van der Waals surface area (Å²) in [6, 6.07) is 14.0. The largest absolute Gasteiger partial charge is 0.488 e. The van der Waals surface area contributed by atoms with Crippen molar-refractivity contribution in [2.24, 2.45) is 4.40 Å². The number of hydrogen-bond donors (Lipinski definition) is 0. The summed E-state index contributed by atoms with van der Waals surface area (Å²) < 4.78 is 36.3. The second kappa shape index (κ2) is 10.00. The van der Waals surface area contributed by atoms with Crippen LogP contribution in [0, 0.1) is 5.82 Å². The lowest BCUT2D eigenvalue weighted by molar-refractivity contribution is 0.305. The van der Waals surface area contributed by atoms with Crippen LogP contribution in [0.5, 0.6) is 5.75 Å². The molecule has 0 aromatic heterocycles. The lowest BCUT2D eigenvalue weighted by Gasteiger charge is -2.17. The van der Waals surface area contributed by atoms with Crippen LogP contribution in [-0.4, -0.2) is 20.5 Å². The fourth-order valence-corrected chi connectivity index (χ4v) is 3.09. The molecule has 0 aliphatic rings. The molecule has 0 fully saturated rings. The predicted molar refractivity (Wildman–Crippen MR) is 112 cm³/mol. The minimum Gasteiger partial charge on any atom is -0.488 e. The second-order valence-electron chi connectivity index (χ2n) is 7.11. The number of halogens is 2. The van der Waals surface area contributed by atoms with Gasteiger partial charge in [-0.05, 0) is 57.4 Å². The zero-order valence-electron chi connectivity index (χ0n) is 15.9. The monoisotopic (exact) mass is 409 g/mol. The maximum atomic E-state index is 14.0. The summed E-state index contributed by atoms with van der Waals surface area (Å²) in [4.78, 5) is 0. The molecule has 0 aliphatic heterocycles. The summed E-state index contributed by atoms with van der Waals surface area (Å²) in [7, 11) is -1.46. The molecule has 0 N–H and O–H groups in total. The van der Waals surface area contributed by atoms with Crippen molar-refractivity contribution in [2.45, 2.75) is 45.0 Å². The summed E-state index contributed by atoms with van der Waals surface area (Å²) in [5.74, 6) is 0.563. The summed E-state index contributed by atoms with van der Waals surface area (Å²) in [6.07, 6.45) is 1.15. The van der Waals surface area contributed by atoms with Gasteiger partial charge in [-0.2, -0.15) is 4.40 Å². The van der Waals surface area contributed by atoms with E-state index in [4.69, 9.17) is 16.3 Å². The third-order valence-corrected chi connectivity index (χ3v) is 5.46. The van der Waals surface area contributed by atoms with E-state index in [-0.39, 0.29) is 0 Å². The lowest BCUT2D eigenvalue weighted by atomic mass is 10.0. The number of benzene rings is 2. The van der Waals surface area contributed by atoms with E-state index in [2.05, 4.69) is 4.40 Å². The number of hydrogen-bond acceptors (Lipinski definition) is 2. The van der Waals surface area contributed by atoms with Crippen molar-refractivity contribution in [1.82, 2.24) is 0 Å². The molecule has 0 heterocycles. The first-order valence-corrected chi connectivity index (χ1v) is 10.5. The molecular formula is C21H25ClFNO2S. The highest BCUT2D eigenvalue weighted by molar-refractivity contribution is 7.85. The molecule has 0 bridgehead atoms. The fraction of sp³-hybridized carbons (Fsp3) is 0.381. The van der Waals surface area contributed by atoms with E-state index < -0.39 is 21.5 Å². The van der Waals surface area contributed by atoms with E-state index >= 15 is 0 Å². The van der Waals surface area contributed by atoms with Gasteiger partial charge in [0.25, 0.3) is 0 Å². The minimum atomic E-state index is -1.46. The Balaban J connectivity index is 2.37. The van der Waals surface area contributed by atoms with Gasteiger partial charge in [0.2, 0.25) is 0 Å². The molecule has 0 saturated heterocycles. The molecule has 0 amide bonds. The van der Waals surface area contributed by atoms with Gasteiger partial charge in [-0.1, -0.05) is 30.3 Å². The zero-order chi connectivity index (χ0) is 19.9. The third kappa shape index (κ3) is 6.74. The Morgan fingerprint density at radius 1 is 1.19 bits per heavy atom. The van der Waals surface area contributed by atoms with Crippen molar-refractivity contribution < 1.29 is 13.3 Å². The zero-order valence-corrected chi connectivity index (χ0v) is 17.4. The molecule has 1 atom stereocenters. The van der Waals surface area contributed by atoms with E-state index in [1.807, 2.05) is 51.1 Å². The van der Waals surface area contributed by atoms with Gasteiger partial charge < -0.3 is 4.74 Å². The second-order valence-corrected chi connectivity index (χ2v) is 9.39. The molecule has 0 unspecified atom stereocenters. The Bertz CT molecular complexity index is 804. The molecule has 6 heteroatoms. The van der Waals surface area contributed by atoms with Crippen molar-refractivity contribution in [3.05, 3.63) is 65.5 Å². The van der Waals surface area contributed by atoms with Crippen LogP contribution in [0.25, 0.3) is 0 Å². The van der Waals surface area contributed by atoms with Crippen molar-refractivity contribution in [3.63, 3.8) is 0 Å². The molecule has 0 aliphatic carbocycles. The summed E-state index contributed by atoms with van der Waals surface area (Å²) in [6.45, 7) is 5.91. The topological polar surface area (TPSA) is 38.7 Å². The van der Waals surface area contributed by atoms with Gasteiger partial charge in [0.15, 0.2) is 0 Å². The van der Waals surface area contributed by atoms with Crippen molar-refractivity contribution >= 4 is 28.3 Å². The summed E-state index contributed by atoms with van der Waals surface area (Å²) in [5, 5.41) is 0. The van der Waals surface area contributed by atoms with E-state index in [1.165, 1.54) is 12.1 Å². The van der Waals surface area contributed by atoms with Crippen LogP contribution < -0.4 is 4.74 Å². The highest BCUT2D eigenvalue weighted by Crippen LogP contribution is 2.25. The molecule has 2 rings (SSSR count). The Morgan fingerprint density at radius 3 is 2.52 bits per heavy atom. The van der Waals surface area contributed by atoms with Crippen molar-refractivity contribution in [1.29, 1.82) is 0 Å². The molecule has 2 aromatic carbocycles. The maximum absolute atomic E-state index is 14.0. The molecule has 0 radical (unpaired) electrons. The van der Waals surface area contributed by atoms with Crippen LogP contribution in [-0.2, 0) is 17.6 Å². The first kappa shape index (κ1) is 21.6. The van der Waals surface area contributed by atoms with Crippen LogP contribution in [0.4, 0.5) is 4.39 Å². The third-order valence-electron chi connectivity index (χ3n) is 3.75. The number of alkyl halides is 1. The highest BCUT2D eigenvalue weighted by Gasteiger charge is 2.21. The average Bonchev–Trinajstić information content (AvgIpc) is 2.64. The van der Waals surface area contributed by atoms with Gasteiger partial charge in [-0.25, -0.2) is 8.60 Å². The van der Waals surface area contributed by atoms with E-state index in [0.29, 0.717) is 42.4 Å². The van der Waals surface area contributed by atoms with E-state index in [1.54, 1.807) is 6.07 Å². The normalized spacial score (nSPS) is 13.4. The predicted octanol–water partition coefficient (Wildman–Crippen LogP) is 5.68. The first-order valence-electron chi connectivity index (χ1n) is 8.83. The van der Waals surface area contributed by atoms with Gasteiger partial charge in [0, 0.05) is 11.4 Å².